The Kier molecular flexibility index (Phi) is 12.1. The van der Waals surface area contributed by atoms with Crippen LogP contribution in [0.4, 0.5) is 24.5 Å². The van der Waals surface area contributed by atoms with Crippen molar-refractivity contribution in [3.8, 4) is 12.1 Å². The van der Waals surface area contributed by atoms with E-state index in [1.807, 2.05) is 12.1 Å². The van der Waals surface area contributed by atoms with Gasteiger partial charge < -0.3 is 9.80 Å². The Morgan fingerprint density at radius 2 is 1.05 bits per heavy atom. The highest BCUT2D eigenvalue weighted by Gasteiger charge is 2.48. The first-order valence-electron chi connectivity index (χ1n) is 17.6. The highest BCUT2D eigenvalue weighted by atomic mass is 32.1. The number of nitrogens with zero attached hydrogens (tertiary/aromatic N) is 16. The van der Waals surface area contributed by atoms with Crippen LogP contribution in [0.25, 0.3) is 65.6 Å². The van der Waals surface area contributed by atoms with Gasteiger partial charge in [-0.05, 0) is 20.8 Å². The second-order valence-corrected chi connectivity index (χ2v) is 16.5. The van der Waals surface area contributed by atoms with E-state index in [0.717, 1.165) is 57.6 Å². The molecule has 0 saturated carbocycles. The fourth-order valence-electron chi connectivity index (χ4n) is 6.69. The average molecular weight is 987 g/mol. The minimum atomic E-state index is -4.60. The zero-order valence-electron chi connectivity index (χ0n) is 33.4. The number of rotatable bonds is 4. The zero-order valence-corrected chi connectivity index (χ0v) is 37.5. The minimum absolute atomic E-state index is 0.0264. The lowest BCUT2D eigenvalue weighted by molar-refractivity contribution is -0.423. The predicted molar refractivity (Wildman–Crippen MR) is 232 cm³/mol. The summed E-state index contributed by atoms with van der Waals surface area (Å²) in [6.45, 7) is 18.9. The van der Waals surface area contributed by atoms with Gasteiger partial charge in [-0.1, -0.05) is 0 Å². The van der Waals surface area contributed by atoms with Gasteiger partial charge in [-0.2, -0.15) is 39.4 Å². The van der Waals surface area contributed by atoms with Crippen LogP contribution in [0.1, 0.15) is 32.5 Å². The van der Waals surface area contributed by atoms with Crippen molar-refractivity contribution in [3.05, 3.63) is 108 Å². The van der Waals surface area contributed by atoms with Gasteiger partial charge in [-0.15, -0.1) is 22.7 Å². The van der Waals surface area contributed by atoms with Crippen LogP contribution in [0.5, 0.6) is 0 Å². The smallest absolute Gasteiger partial charge is 0.308 e. The van der Waals surface area contributed by atoms with Crippen LogP contribution in [0.15, 0.2) is 21.9 Å². The number of thiazole rings is 2. The predicted octanol–water partition coefficient (Wildman–Crippen LogP) is 5.92. The molecule has 5 aromatic heterocycles. The lowest BCUT2D eigenvalue weighted by Gasteiger charge is -2.17. The van der Waals surface area contributed by atoms with Gasteiger partial charge >= 0.3 is 17.6 Å². The number of amides is 2. The van der Waals surface area contributed by atoms with E-state index in [1.165, 1.54) is 49.1 Å². The standard InChI is InChI=1S/C16H11F3N4O2S2.C12N8S2.C8H6N4O4S/c1-6-4-26-12(20-6)10-8-9(15(25)22(10)2)11(23(3)14(8)24)13-21-7(5-27-13)16(17,18)19;1-15-5(3-13)7-9-11(19-21-17-9)8(6(4-14)16-2)12-10(7)18-22-20-12;1-3-5-6(10-17-9-5)4(2)8(12(15)16)7(3)11(13)14/h4-5H,1-3H3;;1-2H3. The molecular weight excluding hydrogens is 970 g/mol. The molecule has 0 bridgehead atoms. The van der Waals surface area contributed by atoms with Crippen molar-refractivity contribution >= 4 is 137 Å². The topological polar surface area (TPSA) is 286 Å². The molecule has 0 radical (unpaired) electrons. The average Bonchev–Trinajstić information content (AvgIpc) is 4.14. The fourth-order valence-corrected chi connectivity index (χ4v) is 10.3. The van der Waals surface area contributed by atoms with Gasteiger partial charge in [0.05, 0.1) is 104 Å². The molecule has 22 nitrogen and oxygen atoms in total. The number of likely N-dealkylation sites (N-methyl/N-ethyl adjacent to an activating group) is 2. The third-order valence-electron chi connectivity index (χ3n) is 9.58. The number of carbonyl (C=O) groups excluding carboxylic acids is 2. The number of halogens is 3. The van der Waals surface area contributed by atoms with E-state index in [4.69, 9.17) is 23.7 Å². The first kappa shape index (κ1) is 45.9. The monoisotopic (exact) mass is 986 g/mol. The highest BCUT2D eigenvalue weighted by molar-refractivity contribution is 7.11. The summed E-state index contributed by atoms with van der Waals surface area (Å²) in [6.07, 6.45) is -4.60. The zero-order chi connectivity index (χ0) is 48.1. The van der Waals surface area contributed by atoms with E-state index in [1.54, 1.807) is 12.3 Å². The Labute approximate surface area is 385 Å². The van der Waals surface area contributed by atoms with Gasteiger partial charge in [0, 0.05) is 41.0 Å². The molecule has 0 fully saturated rings. The molecular formula is C36H17F3N16O6S5. The Balaban J connectivity index is 0.000000151. The maximum atomic E-state index is 12.9. The number of carbonyl (C=O) groups is 2. The van der Waals surface area contributed by atoms with Crippen molar-refractivity contribution < 1.29 is 32.6 Å². The van der Waals surface area contributed by atoms with Crippen LogP contribution in [-0.4, -0.2) is 81.8 Å². The number of nitriles is 2. The molecule has 0 spiro atoms. The fraction of sp³-hybridized carbons (Fsp3) is 0.167. The number of benzene rings is 2. The second kappa shape index (κ2) is 17.4. The van der Waals surface area contributed by atoms with Crippen molar-refractivity contribution in [2.75, 3.05) is 14.1 Å². The normalized spacial score (nSPS) is 13.2. The van der Waals surface area contributed by atoms with Crippen LogP contribution in [0, 0.1) is 76.8 Å². The van der Waals surface area contributed by atoms with Gasteiger partial charge in [-0.25, -0.2) is 30.2 Å². The summed E-state index contributed by atoms with van der Waals surface area (Å²) in [5, 5.41) is 43.8. The van der Waals surface area contributed by atoms with E-state index in [2.05, 4.69) is 45.9 Å². The van der Waals surface area contributed by atoms with Gasteiger partial charge in [0.2, 0.25) is 0 Å². The summed E-state index contributed by atoms with van der Waals surface area (Å²) in [6, 6.07) is 3.62. The molecule has 2 aliphatic rings. The van der Waals surface area contributed by atoms with E-state index < -0.39 is 44.9 Å². The SMILES string of the molecule is Cc1c([N+](=O)[O-])c([N+](=O)[O-])c(C)c2nsnc12.Cc1csc(C2=C3C(=O)N(C)C(c4nc(C(F)(F)F)cs4)=C3C(=O)N2C)n1.[C-]#[N+]C(C#N)=c1c2nsnc2c(=C(C#N)[N+]#[C-])c2nsnc12. The number of fused-ring (bicyclic) bond motifs is 4. The molecule has 7 aromatic rings. The maximum absolute atomic E-state index is 12.9. The molecule has 2 aromatic carbocycles. The Morgan fingerprint density at radius 1 is 0.682 bits per heavy atom. The molecule has 0 unspecified atom stereocenters. The Bertz CT molecular complexity index is 3450. The minimum Gasteiger partial charge on any atom is -0.308 e. The first-order chi connectivity index (χ1) is 31.3. The Morgan fingerprint density at radius 3 is 1.35 bits per heavy atom. The quantitative estimate of drug-likeness (QED) is 0.112. The third-order valence-corrected chi connectivity index (χ3v) is 13.0. The number of aromatic nitrogens is 8. The molecule has 66 heavy (non-hydrogen) atoms. The molecule has 2 amide bonds. The molecule has 9 rings (SSSR count). The second-order valence-electron chi connectivity index (χ2n) is 13.2. The number of nitro benzene ring substituents is 2. The van der Waals surface area contributed by atoms with Gasteiger partial charge in [-0.3, -0.25) is 29.8 Å². The van der Waals surface area contributed by atoms with Crippen molar-refractivity contribution in [2.45, 2.75) is 26.9 Å². The van der Waals surface area contributed by atoms with E-state index >= 15 is 0 Å². The highest BCUT2D eigenvalue weighted by Crippen LogP contribution is 2.47. The number of alkyl halides is 3. The lowest BCUT2D eigenvalue weighted by atomic mass is 10.1. The molecule has 7 heterocycles. The number of hydrogen-bond acceptors (Lipinski definition) is 21. The molecule has 2 aliphatic heterocycles. The molecule has 0 aliphatic carbocycles. The molecule has 328 valence electrons. The van der Waals surface area contributed by atoms with Gasteiger partial charge in [0.15, 0.2) is 5.69 Å². The van der Waals surface area contributed by atoms with Crippen molar-refractivity contribution in [1.29, 1.82) is 10.5 Å². The van der Waals surface area contributed by atoms with Crippen LogP contribution >= 0.6 is 57.9 Å². The van der Waals surface area contributed by atoms with Crippen molar-refractivity contribution in [3.63, 3.8) is 0 Å². The molecule has 0 N–H and O–H groups in total. The lowest BCUT2D eigenvalue weighted by Crippen LogP contribution is -2.25. The van der Waals surface area contributed by atoms with E-state index in [-0.39, 0.29) is 76.9 Å². The van der Waals surface area contributed by atoms with Crippen LogP contribution in [0.2, 0.25) is 0 Å². The summed E-state index contributed by atoms with van der Waals surface area (Å²) < 4.78 is 63.0. The van der Waals surface area contributed by atoms with E-state index in [9.17, 15) is 43.0 Å². The summed E-state index contributed by atoms with van der Waals surface area (Å²) in [7, 11) is 2.93. The number of aryl methyl sites for hydroxylation is 3. The Hall–Kier alpha value is -8.13. The first-order valence-corrected chi connectivity index (χ1v) is 21.5. The summed E-state index contributed by atoms with van der Waals surface area (Å²) >= 11 is 4.65. The van der Waals surface area contributed by atoms with Crippen LogP contribution in [0.3, 0.4) is 0 Å². The molecule has 0 atom stereocenters. The maximum Gasteiger partial charge on any atom is 0.434 e. The summed E-state index contributed by atoms with van der Waals surface area (Å²) in [5.74, 6) is -0.936. The number of nitro groups is 2. The third kappa shape index (κ3) is 7.49. The van der Waals surface area contributed by atoms with Crippen molar-refractivity contribution in [1.82, 2.24) is 46.0 Å². The summed E-state index contributed by atoms with van der Waals surface area (Å²) in [4.78, 5) is 62.8. The van der Waals surface area contributed by atoms with Gasteiger partial charge in [0.25, 0.3) is 23.2 Å². The largest absolute Gasteiger partial charge is 0.434 e. The molecule has 0 saturated heterocycles. The number of hydrogen-bond donors (Lipinski definition) is 0. The molecule has 30 heteroatoms. The van der Waals surface area contributed by atoms with Crippen LogP contribution < -0.4 is 10.4 Å². The van der Waals surface area contributed by atoms with Gasteiger partial charge in [0.1, 0.15) is 43.1 Å². The van der Waals surface area contributed by atoms with Crippen LogP contribution in [-0.2, 0) is 15.8 Å². The van der Waals surface area contributed by atoms with E-state index in [0.29, 0.717) is 21.7 Å². The van der Waals surface area contributed by atoms with Crippen molar-refractivity contribution in [2.24, 2.45) is 0 Å². The summed E-state index contributed by atoms with van der Waals surface area (Å²) in [5.41, 5.74) is 1.19.